The molecule has 1 amide bonds. The number of nitrogens with zero attached hydrogens (tertiary/aromatic N) is 3. The largest absolute Gasteiger partial charge is 0.352 e. The molecule has 0 fully saturated rings. The molecule has 5 heteroatoms. The normalized spacial score (nSPS) is 11.1. The fraction of sp³-hybridized carbons (Fsp3) is 0.333. The molecular weight excluding hydrogens is 288 g/mol. The number of hydrogen-bond acceptors (Lipinski definition) is 2. The molecule has 5 nitrogen and oxygen atoms in total. The van der Waals surface area contributed by atoms with E-state index in [2.05, 4.69) is 33.2 Å². The van der Waals surface area contributed by atoms with E-state index in [9.17, 15) is 4.79 Å². The van der Waals surface area contributed by atoms with Crippen LogP contribution in [0.5, 0.6) is 0 Å². The smallest absolute Gasteiger partial charge is 0.222 e. The van der Waals surface area contributed by atoms with Crippen LogP contribution in [0.15, 0.2) is 36.5 Å². The van der Waals surface area contributed by atoms with Crippen molar-refractivity contribution < 1.29 is 4.79 Å². The number of aromatic nitrogens is 3. The van der Waals surface area contributed by atoms with Crippen molar-refractivity contribution in [1.82, 2.24) is 19.7 Å². The third-order valence-corrected chi connectivity index (χ3v) is 4.38. The number of benzene rings is 1. The van der Waals surface area contributed by atoms with E-state index in [1.54, 1.807) is 0 Å². The molecule has 0 spiro atoms. The second-order valence-electron chi connectivity index (χ2n) is 5.87. The first kappa shape index (κ1) is 15.3. The molecule has 0 radical (unpaired) electrons. The van der Waals surface area contributed by atoms with Crippen LogP contribution in [0.1, 0.15) is 23.4 Å². The summed E-state index contributed by atoms with van der Waals surface area (Å²) in [6.45, 7) is 5.22. The summed E-state index contributed by atoms with van der Waals surface area (Å²) >= 11 is 0. The standard InChI is InChI=1S/C18H22N4O/c1-13-16(14(2)21(3)20-13)12-19-18(23)9-11-22-10-8-15-6-4-5-7-17(15)22/h4-8,10H,9,11-12H2,1-3H3,(H,19,23). The van der Waals surface area contributed by atoms with Gasteiger partial charge in [0.25, 0.3) is 0 Å². The number of rotatable bonds is 5. The van der Waals surface area contributed by atoms with Gasteiger partial charge >= 0.3 is 0 Å². The Bertz CT molecular complexity index is 844. The molecule has 0 bridgehead atoms. The first-order valence-corrected chi connectivity index (χ1v) is 7.86. The van der Waals surface area contributed by atoms with Gasteiger partial charge in [0, 0.05) is 49.5 Å². The summed E-state index contributed by atoms with van der Waals surface area (Å²) in [4.78, 5) is 12.1. The molecule has 3 aromatic rings. The summed E-state index contributed by atoms with van der Waals surface area (Å²) in [5.74, 6) is 0.0606. The van der Waals surface area contributed by atoms with Gasteiger partial charge in [-0.25, -0.2) is 0 Å². The second kappa shape index (κ2) is 6.28. The highest BCUT2D eigenvalue weighted by atomic mass is 16.1. The van der Waals surface area contributed by atoms with Crippen molar-refractivity contribution in [1.29, 1.82) is 0 Å². The number of carbonyl (C=O) groups excluding carboxylic acids is 1. The highest BCUT2D eigenvalue weighted by Crippen LogP contribution is 2.15. The van der Waals surface area contributed by atoms with Gasteiger partial charge in [-0.05, 0) is 31.4 Å². The van der Waals surface area contributed by atoms with Crippen LogP contribution in [0.25, 0.3) is 10.9 Å². The van der Waals surface area contributed by atoms with Gasteiger partial charge in [0.05, 0.1) is 5.69 Å². The van der Waals surface area contributed by atoms with Gasteiger partial charge in [-0.2, -0.15) is 5.10 Å². The first-order chi connectivity index (χ1) is 11.1. The van der Waals surface area contributed by atoms with Gasteiger partial charge in [-0.1, -0.05) is 18.2 Å². The molecular formula is C18H22N4O. The predicted molar refractivity (Wildman–Crippen MR) is 91.1 cm³/mol. The van der Waals surface area contributed by atoms with Crippen molar-refractivity contribution in [2.45, 2.75) is 33.4 Å². The Morgan fingerprint density at radius 3 is 2.74 bits per heavy atom. The predicted octanol–water partition coefficient (Wildman–Crippen LogP) is 2.70. The van der Waals surface area contributed by atoms with Gasteiger partial charge in [0.15, 0.2) is 0 Å². The molecule has 23 heavy (non-hydrogen) atoms. The van der Waals surface area contributed by atoms with E-state index in [0.29, 0.717) is 19.5 Å². The van der Waals surface area contributed by atoms with Crippen molar-refractivity contribution in [3.63, 3.8) is 0 Å². The molecule has 0 saturated heterocycles. The third-order valence-electron chi connectivity index (χ3n) is 4.38. The molecule has 1 N–H and O–H groups in total. The second-order valence-corrected chi connectivity index (χ2v) is 5.87. The number of fused-ring (bicyclic) bond motifs is 1. The molecule has 0 unspecified atom stereocenters. The monoisotopic (exact) mass is 310 g/mol. The van der Waals surface area contributed by atoms with Crippen molar-refractivity contribution >= 4 is 16.8 Å². The molecule has 120 valence electrons. The van der Waals surface area contributed by atoms with Gasteiger partial charge in [-0.3, -0.25) is 9.48 Å². The molecule has 0 saturated carbocycles. The van der Waals surface area contributed by atoms with E-state index in [1.807, 2.05) is 43.9 Å². The topological polar surface area (TPSA) is 51.9 Å². The summed E-state index contributed by atoms with van der Waals surface area (Å²) in [5, 5.41) is 8.57. The summed E-state index contributed by atoms with van der Waals surface area (Å²) < 4.78 is 3.97. The molecule has 3 rings (SSSR count). The molecule has 0 atom stereocenters. The summed E-state index contributed by atoms with van der Waals surface area (Å²) in [7, 11) is 1.92. The van der Waals surface area contributed by atoms with Crippen LogP contribution in [0.4, 0.5) is 0 Å². The van der Waals surface area contributed by atoms with Crippen LogP contribution in [0, 0.1) is 13.8 Å². The highest BCUT2D eigenvalue weighted by Gasteiger charge is 2.10. The Hall–Kier alpha value is -2.56. The Kier molecular flexibility index (Phi) is 4.19. The number of amides is 1. The van der Waals surface area contributed by atoms with Crippen molar-refractivity contribution in [3.05, 3.63) is 53.5 Å². The Morgan fingerprint density at radius 2 is 2.00 bits per heavy atom. The lowest BCUT2D eigenvalue weighted by molar-refractivity contribution is -0.121. The number of para-hydroxylation sites is 1. The maximum atomic E-state index is 12.1. The summed E-state index contributed by atoms with van der Waals surface area (Å²) in [6, 6.07) is 10.3. The van der Waals surface area contributed by atoms with E-state index in [0.717, 1.165) is 17.0 Å². The lowest BCUT2D eigenvalue weighted by Gasteiger charge is -2.08. The summed E-state index contributed by atoms with van der Waals surface area (Å²) in [6.07, 6.45) is 2.50. The molecule has 0 aliphatic rings. The van der Waals surface area contributed by atoms with E-state index >= 15 is 0 Å². The van der Waals surface area contributed by atoms with Crippen LogP contribution < -0.4 is 5.32 Å². The molecule has 2 aromatic heterocycles. The maximum absolute atomic E-state index is 12.1. The molecule has 0 aliphatic heterocycles. The average molecular weight is 310 g/mol. The SMILES string of the molecule is Cc1nn(C)c(C)c1CNC(=O)CCn1ccc2ccccc21. The van der Waals surface area contributed by atoms with Crippen molar-refractivity contribution in [2.24, 2.45) is 7.05 Å². The summed E-state index contributed by atoms with van der Waals surface area (Å²) in [5.41, 5.74) is 4.34. The molecule has 1 aromatic carbocycles. The van der Waals surface area contributed by atoms with E-state index < -0.39 is 0 Å². The first-order valence-electron chi connectivity index (χ1n) is 7.86. The van der Waals surface area contributed by atoms with Crippen molar-refractivity contribution in [2.75, 3.05) is 0 Å². The van der Waals surface area contributed by atoms with E-state index in [-0.39, 0.29) is 5.91 Å². The lowest BCUT2D eigenvalue weighted by Crippen LogP contribution is -2.24. The van der Waals surface area contributed by atoms with Crippen LogP contribution >= 0.6 is 0 Å². The van der Waals surface area contributed by atoms with Crippen LogP contribution in [0.2, 0.25) is 0 Å². The quantitative estimate of drug-likeness (QED) is 0.788. The Morgan fingerprint density at radius 1 is 1.22 bits per heavy atom. The van der Waals surface area contributed by atoms with Crippen molar-refractivity contribution in [3.8, 4) is 0 Å². The fourth-order valence-corrected chi connectivity index (χ4v) is 2.91. The maximum Gasteiger partial charge on any atom is 0.222 e. The van der Waals surface area contributed by atoms with Gasteiger partial charge in [0.2, 0.25) is 5.91 Å². The van der Waals surface area contributed by atoms with Gasteiger partial charge in [0.1, 0.15) is 0 Å². The highest BCUT2D eigenvalue weighted by molar-refractivity contribution is 5.80. The average Bonchev–Trinajstić information content (AvgIpc) is 3.05. The molecule has 0 aliphatic carbocycles. The molecule has 2 heterocycles. The van der Waals surface area contributed by atoms with E-state index in [1.165, 1.54) is 10.9 Å². The van der Waals surface area contributed by atoms with Gasteiger partial charge < -0.3 is 9.88 Å². The zero-order valence-corrected chi connectivity index (χ0v) is 13.8. The Labute approximate surface area is 135 Å². The number of aryl methyl sites for hydroxylation is 3. The Balaban J connectivity index is 1.58. The van der Waals surface area contributed by atoms with Crippen LogP contribution in [-0.2, 0) is 24.9 Å². The number of nitrogens with one attached hydrogen (secondary N) is 1. The minimum Gasteiger partial charge on any atom is -0.352 e. The minimum absolute atomic E-state index is 0.0606. The minimum atomic E-state index is 0.0606. The zero-order valence-electron chi connectivity index (χ0n) is 13.8. The number of carbonyl (C=O) groups is 1. The van der Waals surface area contributed by atoms with E-state index in [4.69, 9.17) is 0 Å². The lowest BCUT2D eigenvalue weighted by atomic mass is 10.2. The third kappa shape index (κ3) is 3.13. The van der Waals surface area contributed by atoms with Crippen LogP contribution in [-0.4, -0.2) is 20.3 Å². The van der Waals surface area contributed by atoms with Gasteiger partial charge in [-0.15, -0.1) is 0 Å². The fourth-order valence-electron chi connectivity index (χ4n) is 2.91. The zero-order chi connectivity index (χ0) is 16.4. The number of hydrogen-bond donors (Lipinski definition) is 1. The van der Waals surface area contributed by atoms with Crippen LogP contribution in [0.3, 0.4) is 0 Å².